The highest BCUT2D eigenvalue weighted by atomic mass is 16.8. The molecule has 5 rings (SSSR count). The second-order valence-electron chi connectivity index (χ2n) is 16.2. The molecular formula is C35H60N2O28. The number of hydrogen-bond acceptors (Lipinski definition) is 28. The van der Waals surface area contributed by atoms with E-state index in [1.54, 1.807) is 0 Å². The van der Waals surface area contributed by atoms with Gasteiger partial charge in [0.05, 0.1) is 45.2 Å². The van der Waals surface area contributed by atoms with E-state index in [4.69, 9.17) is 48.4 Å². The molecule has 20 N–H and O–H groups in total. The smallest absolute Gasteiger partial charge is 0.364 e. The molecule has 5 heterocycles. The SMILES string of the molecule is CC(=O)N[C@H]1[C@H](O[C@H]2[C@@H](O)[C@@H](CO)O[C@@H](O[C@H]3[C@H](O)[C@@H](O)[C@H](O)O[C@@H]3CO)[C@@H]2O)O[C@H](CO)[C@@H](O[C@@H]2O[C@H](CO)[C@H](O)[C@H](O[C@]3(C(=O)O)C[C@H](O)[C@@H](N)[C@H]([C@H](O)[C@H](O)CO)O3)[C@H]2O)[C@@H]1O. The first kappa shape index (κ1) is 53.8. The summed E-state index contributed by atoms with van der Waals surface area (Å²) in [5, 5.41) is 181. The average molecular weight is 957 g/mol. The molecule has 0 aromatic carbocycles. The second-order valence-corrected chi connectivity index (χ2v) is 16.2. The van der Waals surface area contributed by atoms with Gasteiger partial charge in [0, 0.05) is 13.3 Å². The quantitative estimate of drug-likeness (QED) is 0.0643. The molecule has 0 radical (unpaired) electrons. The number of nitrogens with two attached hydrogens (primary N) is 1. The number of carbonyl (C=O) groups is 2. The van der Waals surface area contributed by atoms with E-state index < -0.39 is 210 Å². The van der Waals surface area contributed by atoms with Gasteiger partial charge in [0.1, 0.15) is 116 Å². The lowest BCUT2D eigenvalue weighted by Gasteiger charge is -2.51. The van der Waals surface area contributed by atoms with Crippen molar-refractivity contribution in [2.24, 2.45) is 5.73 Å². The van der Waals surface area contributed by atoms with Crippen LogP contribution in [0.1, 0.15) is 13.3 Å². The highest BCUT2D eigenvalue weighted by Gasteiger charge is 2.60. The summed E-state index contributed by atoms with van der Waals surface area (Å²) in [7, 11) is 0. The molecule has 0 aromatic heterocycles. The van der Waals surface area contributed by atoms with Crippen molar-refractivity contribution < 1.29 is 139 Å². The van der Waals surface area contributed by atoms with Crippen molar-refractivity contribution >= 4 is 11.9 Å². The molecule has 0 unspecified atom stereocenters. The highest BCUT2D eigenvalue weighted by molar-refractivity contribution is 5.76. The van der Waals surface area contributed by atoms with Crippen LogP contribution in [-0.2, 0) is 52.2 Å². The summed E-state index contributed by atoms with van der Waals surface area (Å²) in [6, 6.07) is -3.39. The normalized spacial score (nSPS) is 48.3. The van der Waals surface area contributed by atoms with Crippen LogP contribution in [0, 0.1) is 0 Å². The summed E-state index contributed by atoms with van der Waals surface area (Å²) in [5.74, 6) is -5.97. The molecule has 5 fully saturated rings. The molecule has 0 aliphatic carbocycles. The molecule has 378 valence electrons. The van der Waals surface area contributed by atoms with E-state index in [1.165, 1.54) is 0 Å². The third kappa shape index (κ3) is 11.2. The van der Waals surface area contributed by atoms with Gasteiger partial charge in [-0.25, -0.2) is 4.79 Å². The van der Waals surface area contributed by atoms with E-state index in [0.717, 1.165) is 6.92 Å². The topological polar surface area (TPSA) is 499 Å². The first-order valence-corrected chi connectivity index (χ1v) is 20.3. The Balaban J connectivity index is 1.39. The number of hydrogen-bond donors (Lipinski definition) is 19. The summed E-state index contributed by atoms with van der Waals surface area (Å²) in [6.45, 7) is -4.10. The van der Waals surface area contributed by atoms with Crippen LogP contribution in [0.3, 0.4) is 0 Å². The van der Waals surface area contributed by atoms with E-state index in [2.05, 4.69) is 5.32 Å². The minimum atomic E-state index is -3.08. The Bertz CT molecular complexity index is 1540. The number of carbonyl (C=O) groups excluding carboxylic acids is 1. The van der Waals surface area contributed by atoms with Crippen LogP contribution >= 0.6 is 0 Å². The molecule has 0 spiro atoms. The van der Waals surface area contributed by atoms with Gasteiger partial charge in [-0.2, -0.15) is 0 Å². The Morgan fingerprint density at radius 2 is 1.12 bits per heavy atom. The molecule has 5 aliphatic heterocycles. The number of aliphatic hydroxyl groups is 16. The molecule has 5 aliphatic rings. The molecule has 0 aromatic rings. The van der Waals surface area contributed by atoms with Gasteiger partial charge in [0.25, 0.3) is 5.79 Å². The summed E-state index contributed by atoms with van der Waals surface area (Å²) in [5.41, 5.74) is 5.91. The number of nitrogens with one attached hydrogen (secondary N) is 1. The third-order valence-corrected chi connectivity index (χ3v) is 11.8. The molecule has 1 amide bonds. The minimum Gasteiger partial charge on any atom is -0.477 e. The summed E-state index contributed by atoms with van der Waals surface area (Å²) in [6.07, 6.45) is -46.2. The van der Waals surface area contributed by atoms with E-state index in [0.29, 0.717) is 0 Å². The Morgan fingerprint density at radius 3 is 1.63 bits per heavy atom. The number of carboxylic acids is 1. The Labute approximate surface area is 367 Å². The zero-order valence-electron chi connectivity index (χ0n) is 34.3. The van der Waals surface area contributed by atoms with Gasteiger partial charge in [-0.3, -0.25) is 4.79 Å². The molecule has 5 saturated heterocycles. The lowest BCUT2D eigenvalue weighted by molar-refractivity contribution is -0.389. The van der Waals surface area contributed by atoms with Gasteiger partial charge in [0.15, 0.2) is 25.2 Å². The van der Waals surface area contributed by atoms with Gasteiger partial charge in [-0.1, -0.05) is 0 Å². The van der Waals surface area contributed by atoms with E-state index in [9.17, 15) is 96.4 Å². The maximum atomic E-state index is 12.7. The predicted molar refractivity (Wildman–Crippen MR) is 197 cm³/mol. The Morgan fingerprint density at radius 1 is 0.646 bits per heavy atom. The number of aliphatic hydroxyl groups excluding tert-OH is 16. The van der Waals surface area contributed by atoms with Crippen LogP contribution in [0.4, 0.5) is 0 Å². The summed E-state index contributed by atoms with van der Waals surface area (Å²) < 4.78 is 50.3. The number of ether oxygens (including phenoxy) is 9. The van der Waals surface area contributed by atoms with Gasteiger partial charge in [0.2, 0.25) is 5.91 Å². The Kier molecular flexibility index (Phi) is 18.7. The van der Waals surface area contributed by atoms with Crippen molar-refractivity contribution in [3.63, 3.8) is 0 Å². The van der Waals surface area contributed by atoms with Crippen molar-refractivity contribution in [1.29, 1.82) is 0 Å². The molecule has 0 bridgehead atoms. The molecule has 30 nitrogen and oxygen atoms in total. The largest absolute Gasteiger partial charge is 0.477 e. The summed E-state index contributed by atoms with van der Waals surface area (Å²) >= 11 is 0. The van der Waals surface area contributed by atoms with Gasteiger partial charge in [-0.05, 0) is 0 Å². The van der Waals surface area contributed by atoms with Gasteiger partial charge < -0.3 is 140 Å². The van der Waals surface area contributed by atoms with Crippen molar-refractivity contribution in [3.05, 3.63) is 0 Å². The molecular weight excluding hydrogens is 896 g/mol. The molecule has 26 atom stereocenters. The molecule has 65 heavy (non-hydrogen) atoms. The fraction of sp³-hybridized carbons (Fsp3) is 0.943. The predicted octanol–water partition coefficient (Wildman–Crippen LogP) is -12.6. The highest BCUT2D eigenvalue weighted by Crippen LogP contribution is 2.39. The number of aliphatic carboxylic acids is 1. The van der Waals surface area contributed by atoms with Crippen LogP contribution in [0.2, 0.25) is 0 Å². The van der Waals surface area contributed by atoms with E-state index in [1.807, 2.05) is 0 Å². The number of amides is 1. The van der Waals surface area contributed by atoms with E-state index >= 15 is 0 Å². The van der Waals surface area contributed by atoms with Gasteiger partial charge in [-0.15, -0.1) is 0 Å². The summed E-state index contributed by atoms with van der Waals surface area (Å²) in [4.78, 5) is 25.2. The first-order chi connectivity index (χ1) is 30.6. The van der Waals surface area contributed by atoms with Crippen molar-refractivity contribution in [1.82, 2.24) is 5.32 Å². The molecule has 30 heteroatoms. The third-order valence-electron chi connectivity index (χ3n) is 11.8. The van der Waals surface area contributed by atoms with Crippen LogP contribution in [0.25, 0.3) is 0 Å². The molecule has 0 saturated carbocycles. The van der Waals surface area contributed by atoms with Crippen LogP contribution in [0.5, 0.6) is 0 Å². The monoisotopic (exact) mass is 956 g/mol. The zero-order chi connectivity index (χ0) is 48.4. The first-order valence-electron chi connectivity index (χ1n) is 20.3. The van der Waals surface area contributed by atoms with Crippen LogP contribution in [-0.4, -0.2) is 291 Å². The maximum Gasteiger partial charge on any atom is 0.364 e. The van der Waals surface area contributed by atoms with Crippen molar-refractivity contribution in [2.45, 2.75) is 172 Å². The van der Waals surface area contributed by atoms with Gasteiger partial charge >= 0.3 is 5.97 Å². The zero-order valence-corrected chi connectivity index (χ0v) is 34.3. The van der Waals surface area contributed by atoms with Crippen molar-refractivity contribution in [3.8, 4) is 0 Å². The minimum absolute atomic E-state index is 0.869. The second kappa shape index (κ2) is 22.5. The van der Waals surface area contributed by atoms with Crippen molar-refractivity contribution in [2.75, 3.05) is 33.0 Å². The Hall–Kier alpha value is -2.10. The van der Waals surface area contributed by atoms with E-state index in [-0.39, 0.29) is 0 Å². The lowest BCUT2D eigenvalue weighted by Crippen LogP contribution is -2.71. The number of carboxylic acid groups (broad SMARTS) is 1. The van der Waals surface area contributed by atoms with Crippen LogP contribution < -0.4 is 11.1 Å². The maximum absolute atomic E-state index is 12.7. The standard InChI is InChI=1S/C35H60N2O28/c1-8(43)37-16-20(49)25(14(7-42)60-31(16)63-28-18(47)11(4-39)58-32(23(28)52)62-26-13(6-41)57-30(54)22(51)21(26)50)61-33-24(53)29(19(48)12(5-40)59-33)65-35(34(55)56)2-9(44)15(36)27(64-35)17(46)10(45)3-38/h9-33,38-42,44-54H,2-7,36H2,1H3,(H,37,43)(H,55,56)/t9-,10+,11+,12+,13+,14+,15+,16+,17+,18-,19-,20+,21+,22+,23+,24+,25+,26+,27+,28-,29-,30+,31-,32-,33-,35-/m0/s1. The average Bonchev–Trinajstić information content (AvgIpc) is 3.27. The fourth-order valence-electron chi connectivity index (χ4n) is 8.16. The van der Waals surface area contributed by atoms with Crippen LogP contribution in [0.15, 0.2) is 0 Å². The number of rotatable bonds is 17. The lowest BCUT2D eigenvalue weighted by atomic mass is 9.88. The fourth-order valence-corrected chi connectivity index (χ4v) is 8.16.